The van der Waals surface area contributed by atoms with Gasteiger partial charge in [0.15, 0.2) is 5.82 Å². The highest BCUT2D eigenvalue weighted by molar-refractivity contribution is 5.65. The van der Waals surface area contributed by atoms with Gasteiger partial charge in [-0.3, -0.25) is 0 Å². The molecule has 0 atom stereocenters. The van der Waals surface area contributed by atoms with Gasteiger partial charge in [0, 0.05) is 7.05 Å². The lowest BCUT2D eigenvalue weighted by Gasteiger charge is -2.05. The molecule has 1 heterocycles. The van der Waals surface area contributed by atoms with Crippen LogP contribution in [0.3, 0.4) is 0 Å². The lowest BCUT2D eigenvalue weighted by molar-refractivity contribution is 0.399. The molecule has 0 aliphatic heterocycles. The second kappa shape index (κ2) is 3.05. The number of rotatable bonds is 2. The average Bonchev–Trinajstić information content (AvgIpc) is 2.05. The summed E-state index contributed by atoms with van der Waals surface area (Å²) in [5.74, 6) is 0.973. The molecule has 1 rings (SSSR count). The number of aromatic nitrogens is 2. The van der Waals surface area contributed by atoms with E-state index in [2.05, 4.69) is 15.3 Å². The van der Waals surface area contributed by atoms with Gasteiger partial charge in [-0.15, -0.1) is 0 Å². The quantitative estimate of drug-likeness (QED) is 0.632. The summed E-state index contributed by atoms with van der Waals surface area (Å²) in [7, 11) is 3.25. The molecule has 0 spiro atoms. The Labute approximate surface area is 64.6 Å². The normalized spacial score (nSPS) is 9.27. The van der Waals surface area contributed by atoms with E-state index in [1.165, 1.54) is 13.4 Å². The molecular formula is C6H10N4O. The highest BCUT2D eigenvalue weighted by Gasteiger charge is 2.04. The number of hydrogen-bond acceptors (Lipinski definition) is 5. The molecule has 0 unspecified atom stereocenters. The van der Waals surface area contributed by atoms with E-state index in [0.717, 1.165) is 0 Å². The number of nitrogens with zero attached hydrogens (tertiary/aromatic N) is 2. The minimum atomic E-state index is 0.393. The first-order valence-corrected chi connectivity index (χ1v) is 3.11. The van der Waals surface area contributed by atoms with Crippen LogP contribution < -0.4 is 15.8 Å². The van der Waals surface area contributed by atoms with Gasteiger partial charge in [-0.2, -0.15) is 4.98 Å². The van der Waals surface area contributed by atoms with E-state index in [0.29, 0.717) is 17.4 Å². The molecule has 0 fully saturated rings. The van der Waals surface area contributed by atoms with Crippen LogP contribution in [0, 0.1) is 0 Å². The van der Waals surface area contributed by atoms with Crippen molar-refractivity contribution in [2.75, 3.05) is 25.2 Å². The Morgan fingerprint density at radius 2 is 2.27 bits per heavy atom. The minimum absolute atomic E-state index is 0.393. The van der Waals surface area contributed by atoms with Gasteiger partial charge in [-0.05, 0) is 0 Å². The van der Waals surface area contributed by atoms with Crippen molar-refractivity contribution < 1.29 is 4.74 Å². The van der Waals surface area contributed by atoms with Crippen LogP contribution in [0.2, 0.25) is 0 Å². The zero-order chi connectivity index (χ0) is 8.27. The van der Waals surface area contributed by atoms with Crippen molar-refractivity contribution in [2.45, 2.75) is 0 Å². The van der Waals surface area contributed by atoms with Gasteiger partial charge in [0.25, 0.3) is 0 Å². The summed E-state index contributed by atoms with van der Waals surface area (Å²) in [5.41, 5.74) is 6.02. The second-order valence-corrected chi connectivity index (χ2v) is 1.90. The van der Waals surface area contributed by atoms with Crippen molar-refractivity contribution in [2.24, 2.45) is 0 Å². The molecule has 1 aromatic heterocycles. The number of anilines is 2. The highest BCUT2D eigenvalue weighted by Crippen LogP contribution is 2.22. The van der Waals surface area contributed by atoms with Gasteiger partial charge in [0.2, 0.25) is 5.88 Å². The Bertz CT molecular complexity index is 228. The highest BCUT2D eigenvalue weighted by atomic mass is 16.5. The van der Waals surface area contributed by atoms with Crippen LogP contribution in [0.1, 0.15) is 0 Å². The summed E-state index contributed by atoms with van der Waals surface area (Å²) < 4.78 is 4.87. The summed E-state index contributed by atoms with van der Waals surface area (Å²) >= 11 is 0. The fourth-order valence-electron chi connectivity index (χ4n) is 0.741. The van der Waals surface area contributed by atoms with Gasteiger partial charge in [0.05, 0.1) is 7.11 Å². The number of methoxy groups -OCH3 is 1. The van der Waals surface area contributed by atoms with Crippen LogP contribution in [0.5, 0.6) is 5.88 Å². The van der Waals surface area contributed by atoms with Crippen LogP contribution in [-0.4, -0.2) is 24.1 Å². The Hall–Kier alpha value is -1.52. The minimum Gasteiger partial charge on any atom is -0.479 e. The third-order valence-electron chi connectivity index (χ3n) is 1.28. The van der Waals surface area contributed by atoms with Crippen LogP contribution in [0.15, 0.2) is 6.33 Å². The zero-order valence-corrected chi connectivity index (χ0v) is 6.46. The third kappa shape index (κ3) is 1.31. The number of hydrogen-bond donors (Lipinski definition) is 2. The molecule has 5 nitrogen and oxygen atoms in total. The van der Waals surface area contributed by atoms with Crippen LogP contribution in [0.4, 0.5) is 11.5 Å². The van der Waals surface area contributed by atoms with Gasteiger partial charge >= 0.3 is 0 Å². The van der Waals surface area contributed by atoms with Gasteiger partial charge in [0.1, 0.15) is 12.0 Å². The second-order valence-electron chi connectivity index (χ2n) is 1.90. The van der Waals surface area contributed by atoms with E-state index in [9.17, 15) is 0 Å². The molecule has 60 valence electrons. The van der Waals surface area contributed by atoms with E-state index in [-0.39, 0.29) is 0 Å². The SMILES string of the molecule is CNc1ncnc(OC)c1N. The first kappa shape index (κ1) is 7.59. The smallest absolute Gasteiger partial charge is 0.242 e. The largest absolute Gasteiger partial charge is 0.479 e. The van der Waals surface area contributed by atoms with Crippen LogP contribution in [-0.2, 0) is 0 Å². The monoisotopic (exact) mass is 154 g/mol. The van der Waals surface area contributed by atoms with Crippen molar-refractivity contribution in [1.82, 2.24) is 9.97 Å². The van der Waals surface area contributed by atoms with Crippen LogP contribution in [0.25, 0.3) is 0 Å². The Morgan fingerprint density at radius 3 is 2.82 bits per heavy atom. The predicted octanol–water partition coefficient (Wildman–Crippen LogP) is 0.109. The Balaban J connectivity index is 3.10. The standard InChI is InChI=1S/C6H10N4O/c1-8-5-4(7)6(11-2)10-3-9-5/h3H,7H2,1-2H3,(H,8,9,10). The van der Waals surface area contributed by atoms with Gasteiger partial charge < -0.3 is 15.8 Å². The first-order chi connectivity index (χ1) is 5.29. The number of ether oxygens (including phenoxy) is 1. The van der Waals surface area contributed by atoms with Crippen molar-refractivity contribution >= 4 is 11.5 Å². The topological polar surface area (TPSA) is 73.1 Å². The van der Waals surface area contributed by atoms with Crippen molar-refractivity contribution in [3.8, 4) is 5.88 Å². The Morgan fingerprint density at radius 1 is 1.55 bits per heavy atom. The maximum atomic E-state index is 5.59. The summed E-state index contributed by atoms with van der Waals surface area (Å²) in [6, 6.07) is 0. The van der Waals surface area contributed by atoms with E-state index in [4.69, 9.17) is 10.5 Å². The lowest BCUT2D eigenvalue weighted by atomic mass is 10.4. The lowest BCUT2D eigenvalue weighted by Crippen LogP contribution is -2.02. The molecular weight excluding hydrogens is 144 g/mol. The number of nitrogen functional groups attached to an aromatic ring is 1. The van der Waals surface area contributed by atoms with E-state index in [1.807, 2.05) is 0 Å². The number of nitrogens with two attached hydrogens (primary N) is 1. The first-order valence-electron chi connectivity index (χ1n) is 3.11. The molecule has 0 saturated heterocycles. The fourth-order valence-corrected chi connectivity index (χ4v) is 0.741. The fraction of sp³-hybridized carbons (Fsp3) is 0.333. The Kier molecular flexibility index (Phi) is 2.10. The van der Waals surface area contributed by atoms with Crippen molar-refractivity contribution in [1.29, 1.82) is 0 Å². The predicted molar refractivity (Wildman–Crippen MR) is 42.5 cm³/mol. The summed E-state index contributed by atoms with van der Waals surface area (Å²) in [6.07, 6.45) is 1.39. The third-order valence-corrected chi connectivity index (χ3v) is 1.28. The molecule has 0 aliphatic carbocycles. The summed E-state index contributed by atoms with van der Waals surface area (Å²) in [6.45, 7) is 0. The molecule has 0 aliphatic rings. The molecule has 0 aromatic carbocycles. The molecule has 0 bridgehead atoms. The number of nitrogens with one attached hydrogen (secondary N) is 1. The van der Waals surface area contributed by atoms with E-state index < -0.39 is 0 Å². The molecule has 3 N–H and O–H groups in total. The maximum Gasteiger partial charge on any atom is 0.242 e. The van der Waals surface area contributed by atoms with E-state index >= 15 is 0 Å². The maximum absolute atomic E-state index is 5.59. The van der Waals surface area contributed by atoms with Crippen molar-refractivity contribution in [3.05, 3.63) is 6.33 Å². The van der Waals surface area contributed by atoms with E-state index in [1.54, 1.807) is 7.05 Å². The molecule has 5 heteroatoms. The molecule has 11 heavy (non-hydrogen) atoms. The van der Waals surface area contributed by atoms with Crippen molar-refractivity contribution in [3.63, 3.8) is 0 Å². The zero-order valence-electron chi connectivity index (χ0n) is 6.46. The molecule has 1 aromatic rings. The van der Waals surface area contributed by atoms with Crippen LogP contribution >= 0.6 is 0 Å². The molecule has 0 radical (unpaired) electrons. The summed E-state index contributed by atoms with van der Waals surface area (Å²) in [5, 5.41) is 2.81. The summed E-state index contributed by atoms with van der Waals surface area (Å²) in [4.78, 5) is 7.69. The van der Waals surface area contributed by atoms with Gasteiger partial charge in [-0.25, -0.2) is 4.98 Å². The van der Waals surface area contributed by atoms with Gasteiger partial charge in [-0.1, -0.05) is 0 Å². The average molecular weight is 154 g/mol. The molecule has 0 saturated carbocycles. The molecule has 0 amide bonds.